The highest BCUT2D eigenvalue weighted by Gasteiger charge is 2.25. The molecule has 0 spiro atoms. The van der Waals surface area contributed by atoms with E-state index in [1.54, 1.807) is 12.1 Å². The molecule has 0 aliphatic heterocycles. The van der Waals surface area contributed by atoms with Crippen LogP contribution in [0.15, 0.2) is 52.4 Å². The Labute approximate surface area is 201 Å². The van der Waals surface area contributed by atoms with Crippen molar-refractivity contribution >= 4 is 36.6 Å². The first-order valence-electron chi connectivity index (χ1n) is 10.8. The molecule has 0 amide bonds. The number of aryl methyl sites for hydroxylation is 1. The van der Waals surface area contributed by atoms with E-state index in [0.717, 1.165) is 5.56 Å². The number of aromatic nitrogens is 1. The van der Waals surface area contributed by atoms with Crippen LogP contribution in [0, 0.1) is 18.3 Å². The van der Waals surface area contributed by atoms with E-state index in [4.69, 9.17) is 0 Å². The first-order chi connectivity index (χ1) is 16.0. The lowest BCUT2D eigenvalue weighted by Crippen LogP contribution is -2.37. The number of rotatable bonds is 10. The van der Waals surface area contributed by atoms with Crippen LogP contribution >= 0.6 is 0 Å². The molecule has 0 radical (unpaired) electrons. The largest absolute Gasteiger partial charge is 0.358 e. The molecule has 9 nitrogen and oxygen atoms in total. The van der Waals surface area contributed by atoms with Gasteiger partial charge in [-0.1, -0.05) is 13.0 Å². The van der Waals surface area contributed by atoms with Gasteiger partial charge in [-0.3, -0.25) is 4.72 Å². The van der Waals surface area contributed by atoms with E-state index in [1.807, 2.05) is 32.8 Å². The van der Waals surface area contributed by atoms with E-state index in [-0.39, 0.29) is 9.79 Å². The normalized spacial score (nSPS) is 12.4. The van der Waals surface area contributed by atoms with Gasteiger partial charge in [0.25, 0.3) is 10.0 Å². The minimum Gasteiger partial charge on any atom is -0.358 e. The number of nitriles is 1. The minimum atomic E-state index is -4.00. The smallest absolute Gasteiger partial charge is 0.261 e. The molecule has 2 aromatic carbocycles. The summed E-state index contributed by atoms with van der Waals surface area (Å²) in [6.45, 7) is 5.05. The predicted molar refractivity (Wildman–Crippen MR) is 133 cm³/mol. The van der Waals surface area contributed by atoms with E-state index >= 15 is 0 Å². The zero-order valence-corrected chi connectivity index (χ0v) is 21.3. The van der Waals surface area contributed by atoms with E-state index in [9.17, 15) is 22.1 Å². The van der Waals surface area contributed by atoms with Crippen LogP contribution in [-0.2, 0) is 20.0 Å². The molecule has 0 atom stereocenters. The maximum atomic E-state index is 13.1. The Bertz CT molecular complexity index is 1420. The van der Waals surface area contributed by atoms with Crippen molar-refractivity contribution in [3.8, 4) is 6.07 Å². The molecule has 0 aliphatic carbocycles. The SMILES string of the molecule is CCCN(CCN(C)C)S(=O)(=O)c1ccc(S(=O)(=O)Nc2ccc(C)c3c(C#N)c[nH]c23)cc1. The van der Waals surface area contributed by atoms with Gasteiger partial charge in [0.15, 0.2) is 0 Å². The Morgan fingerprint density at radius 1 is 0.971 bits per heavy atom. The second-order valence-corrected chi connectivity index (χ2v) is 11.9. The van der Waals surface area contributed by atoms with Crippen molar-refractivity contribution in [1.29, 1.82) is 5.26 Å². The maximum Gasteiger partial charge on any atom is 0.261 e. The van der Waals surface area contributed by atoms with Crippen molar-refractivity contribution in [1.82, 2.24) is 14.2 Å². The molecule has 3 aromatic rings. The third-order valence-electron chi connectivity index (χ3n) is 5.45. The number of nitrogens with zero attached hydrogens (tertiary/aromatic N) is 3. The van der Waals surface area contributed by atoms with Crippen LogP contribution in [-0.4, -0.2) is 64.8 Å². The summed E-state index contributed by atoms with van der Waals surface area (Å²) in [7, 11) is -4.01. The summed E-state index contributed by atoms with van der Waals surface area (Å²) in [4.78, 5) is 4.84. The predicted octanol–water partition coefficient (Wildman–Crippen LogP) is 3.11. The van der Waals surface area contributed by atoms with Crippen molar-refractivity contribution in [2.24, 2.45) is 0 Å². The third kappa shape index (κ3) is 5.26. The molecule has 0 saturated carbocycles. The fraction of sp³-hybridized carbons (Fsp3) is 0.348. The van der Waals surface area contributed by atoms with Crippen molar-refractivity contribution in [3.05, 3.63) is 53.7 Å². The summed E-state index contributed by atoms with van der Waals surface area (Å²) < 4.78 is 56.2. The highest BCUT2D eigenvalue weighted by atomic mass is 32.2. The molecule has 1 aromatic heterocycles. The number of hydrogen-bond acceptors (Lipinski definition) is 6. The zero-order chi connectivity index (χ0) is 25.1. The van der Waals surface area contributed by atoms with E-state index < -0.39 is 20.0 Å². The lowest BCUT2D eigenvalue weighted by atomic mass is 10.1. The molecule has 0 saturated heterocycles. The van der Waals surface area contributed by atoms with Crippen LogP contribution in [0.2, 0.25) is 0 Å². The van der Waals surface area contributed by atoms with Crippen molar-refractivity contribution < 1.29 is 16.8 Å². The molecule has 0 fully saturated rings. The topological polar surface area (TPSA) is 126 Å². The van der Waals surface area contributed by atoms with Crippen molar-refractivity contribution in [3.63, 3.8) is 0 Å². The van der Waals surface area contributed by atoms with E-state index in [1.165, 1.54) is 34.8 Å². The number of likely N-dealkylation sites (N-methyl/N-ethyl adjacent to an activating group) is 1. The molecule has 11 heteroatoms. The monoisotopic (exact) mass is 503 g/mol. The van der Waals surface area contributed by atoms with Gasteiger partial charge in [-0.2, -0.15) is 9.57 Å². The summed E-state index contributed by atoms with van der Waals surface area (Å²) in [6, 6.07) is 10.7. The third-order valence-corrected chi connectivity index (χ3v) is 8.74. The van der Waals surface area contributed by atoms with Gasteiger partial charge in [-0.05, 0) is 63.3 Å². The van der Waals surface area contributed by atoms with Gasteiger partial charge in [0.05, 0.1) is 26.6 Å². The number of aromatic amines is 1. The quantitative estimate of drug-likeness (QED) is 0.438. The summed E-state index contributed by atoms with van der Waals surface area (Å²) >= 11 is 0. The number of benzene rings is 2. The second-order valence-electron chi connectivity index (χ2n) is 8.28. The second kappa shape index (κ2) is 10.1. The lowest BCUT2D eigenvalue weighted by Gasteiger charge is -2.23. The van der Waals surface area contributed by atoms with Crippen LogP contribution in [0.4, 0.5) is 5.69 Å². The molecule has 2 N–H and O–H groups in total. The molecular formula is C23H29N5O4S2. The molecule has 34 heavy (non-hydrogen) atoms. The summed E-state index contributed by atoms with van der Waals surface area (Å²) in [6.07, 6.45) is 2.20. The van der Waals surface area contributed by atoms with Gasteiger partial charge in [-0.25, -0.2) is 16.8 Å². The molecule has 3 rings (SSSR count). The molecule has 0 bridgehead atoms. The van der Waals surface area contributed by atoms with Crippen LogP contribution in [0.3, 0.4) is 0 Å². The fourth-order valence-corrected chi connectivity index (χ4v) is 6.25. The standard InChI is InChI=1S/C23H29N5O4S2/c1-5-12-28(14-13-27(3)4)34(31,32)20-9-7-19(8-10-20)33(29,30)26-21-11-6-17(2)22-18(15-24)16-25-23(21)22/h6-11,16,25-26H,5,12-14H2,1-4H3. The number of nitrogens with one attached hydrogen (secondary N) is 2. The van der Waals surface area contributed by atoms with E-state index in [2.05, 4.69) is 15.8 Å². The van der Waals surface area contributed by atoms with Crippen molar-refractivity contribution in [2.75, 3.05) is 38.5 Å². The minimum absolute atomic E-state index is 0.0411. The van der Waals surface area contributed by atoms with Crippen LogP contribution in [0.1, 0.15) is 24.5 Å². The van der Waals surface area contributed by atoms with Gasteiger partial charge in [0.2, 0.25) is 10.0 Å². The zero-order valence-electron chi connectivity index (χ0n) is 19.7. The molecule has 1 heterocycles. The number of hydrogen-bond donors (Lipinski definition) is 2. The average Bonchev–Trinajstić information content (AvgIpc) is 3.24. The van der Waals surface area contributed by atoms with Gasteiger partial charge >= 0.3 is 0 Å². The molecular weight excluding hydrogens is 474 g/mol. The Balaban J connectivity index is 1.89. The van der Waals surface area contributed by atoms with E-state index in [0.29, 0.717) is 48.2 Å². The number of anilines is 1. The number of sulfonamides is 2. The first kappa shape index (κ1) is 25.7. The molecule has 0 aliphatic rings. The van der Waals surface area contributed by atoms with Crippen molar-refractivity contribution in [2.45, 2.75) is 30.1 Å². The Morgan fingerprint density at radius 3 is 2.21 bits per heavy atom. The highest BCUT2D eigenvalue weighted by Crippen LogP contribution is 2.30. The summed E-state index contributed by atoms with van der Waals surface area (Å²) in [5.41, 5.74) is 2.08. The summed E-state index contributed by atoms with van der Waals surface area (Å²) in [5, 5.41) is 9.96. The van der Waals surface area contributed by atoms with Gasteiger partial charge in [0.1, 0.15) is 6.07 Å². The summed E-state index contributed by atoms with van der Waals surface area (Å²) in [5.74, 6) is 0. The number of fused-ring (bicyclic) bond motifs is 1. The van der Waals surface area contributed by atoms with Crippen LogP contribution in [0.25, 0.3) is 10.9 Å². The Hall–Kier alpha value is -2.91. The number of H-pyrrole nitrogens is 1. The lowest BCUT2D eigenvalue weighted by molar-refractivity contribution is 0.333. The Morgan fingerprint density at radius 2 is 1.62 bits per heavy atom. The fourth-order valence-electron chi connectivity index (χ4n) is 3.65. The van der Waals surface area contributed by atoms with Gasteiger partial charge < -0.3 is 9.88 Å². The van der Waals surface area contributed by atoms with Gasteiger partial charge in [-0.15, -0.1) is 0 Å². The average molecular weight is 504 g/mol. The molecule has 0 unspecified atom stereocenters. The first-order valence-corrected chi connectivity index (χ1v) is 13.7. The highest BCUT2D eigenvalue weighted by molar-refractivity contribution is 7.92. The maximum absolute atomic E-state index is 13.1. The van der Waals surface area contributed by atoms with Crippen LogP contribution in [0.5, 0.6) is 0 Å². The molecule has 182 valence electrons. The Kier molecular flexibility index (Phi) is 7.67. The van der Waals surface area contributed by atoms with Gasteiger partial charge in [0, 0.05) is 31.2 Å². The van der Waals surface area contributed by atoms with Crippen LogP contribution < -0.4 is 4.72 Å².